The van der Waals surface area contributed by atoms with E-state index in [1.54, 1.807) is 0 Å². The molecule has 1 amide bonds. The van der Waals surface area contributed by atoms with Crippen LogP contribution in [0.25, 0.3) is 11.3 Å². The number of ether oxygens (including phenoxy) is 2. The standard InChI is InChI=1S/C35H37N3O3/c1-4-38(23-25-13-9-7-10-14-25)24-26-17-19-28(20-18-26)36-34(27-15-11-8-12-16-27)33-29-21-31(40-5-2)32(41-6-3)22-30(29)37-35(33)39/h7-22,36H,4-6,23-24H2,1-3H3,(H,37,39)/b34-33-. The molecule has 0 bridgehead atoms. The fraction of sp³-hybridized carbons (Fsp3) is 0.229. The molecule has 1 aliphatic rings. The van der Waals surface area contributed by atoms with Crippen LogP contribution < -0.4 is 20.1 Å². The van der Waals surface area contributed by atoms with E-state index in [4.69, 9.17) is 9.47 Å². The molecule has 0 saturated heterocycles. The van der Waals surface area contributed by atoms with Crippen molar-refractivity contribution in [1.82, 2.24) is 4.90 Å². The topological polar surface area (TPSA) is 62.8 Å². The molecule has 0 aromatic heterocycles. The minimum absolute atomic E-state index is 0.168. The van der Waals surface area contributed by atoms with Crippen molar-refractivity contribution >= 4 is 28.6 Å². The fourth-order valence-corrected chi connectivity index (χ4v) is 5.06. The number of hydrogen-bond donors (Lipinski definition) is 2. The third-order valence-electron chi connectivity index (χ3n) is 7.07. The van der Waals surface area contributed by atoms with Crippen LogP contribution in [0.3, 0.4) is 0 Å². The van der Waals surface area contributed by atoms with E-state index >= 15 is 0 Å². The summed E-state index contributed by atoms with van der Waals surface area (Å²) in [6, 6.07) is 32.7. The van der Waals surface area contributed by atoms with Crippen LogP contribution in [0.4, 0.5) is 11.4 Å². The number of benzene rings is 4. The lowest BCUT2D eigenvalue weighted by Gasteiger charge is -2.21. The Balaban J connectivity index is 1.46. The maximum Gasteiger partial charge on any atom is 0.258 e. The molecule has 0 saturated carbocycles. The highest BCUT2D eigenvalue weighted by Gasteiger charge is 2.30. The summed E-state index contributed by atoms with van der Waals surface area (Å²) < 4.78 is 11.7. The van der Waals surface area contributed by atoms with Gasteiger partial charge in [-0.2, -0.15) is 0 Å². The number of carbonyl (C=O) groups excluding carboxylic acids is 1. The maximum absolute atomic E-state index is 13.4. The van der Waals surface area contributed by atoms with Gasteiger partial charge in [0.05, 0.1) is 30.2 Å². The van der Waals surface area contributed by atoms with Crippen LogP contribution in [0, 0.1) is 0 Å². The maximum atomic E-state index is 13.4. The van der Waals surface area contributed by atoms with Crippen molar-refractivity contribution in [3.8, 4) is 11.5 Å². The van der Waals surface area contributed by atoms with Gasteiger partial charge >= 0.3 is 0 Å². The summed E-state index contributed by atoms with van der Waals surface area (Å²) in [5, 5.41) is 6.60. The summed E-state index contributed by atoms with van der Waals surface area (Å²) in [6.07, 6.45) is 0. The van der Waals surface area contributed by atoms with Crippen molar-refractivity contribution in [2.24, 2.45) is 0 Å². The van der Waals surface area contributed by atoms with Gasteiger partial charge in [-0.25, -0.2) is 0 Å². The Labute approximate surface area is 242 Å². The molecule has 0 radical (unpaired) electrons. The molecule has 210 valence electrons. The van der Waals surface area contributed by atoms with Gasteiger partial charge in [-0.15, -0.1) is 0 Å². The van der Waals surface area contributed by atoms with E-state index in [0.29, 0.717) is 36.0 Å². The first-order valence-electron chi connectivity index (χ1n) is 14.3. The number of nitrogens with zero attached hydrogens (tertiary/aromatic N) is 1. The van der Waals surface area contributed by atoms with Crippen LogP contribution in [-0.2, 0) is 17.9 Å². The third kappa shape index (κ3) is 6.61. The van der Waals surface area contributed by atoms with E-state index < -0.39 is 0 Å². The lowest BCUT2D eigenvalue weighted by Crippen LogP contribution is -2.22. The molecule has 2 N–H and O–H groups in total. The molecule has 0 spiro atoms. The van der Waals surface area contributed by atoms with Gasteiger partial charge in [0.1, 0.15) is 0 Å². The van der Waals surface area contributed by atoms with Gasteiger partial charge in [-0.05, 0) is 55.3 Å². The van der Waals surface area contributed by atoms with Gasteiger partial charge in [-0.1, -0.05) is 79.7 Å². The molecule has 0 aliphatic carbocycles. The Kier molecular flexibility index (Phi) is 9.02. The van der Waals surface area contributed by atoms with Gasteiger partial charge in [0.2, 0.25) is 0 Å². The van der Waals surface area contributed by atoms with Crippen LogP contribution >= 0.6 is 0 Å². The first-order valence-corrected chi connectivity index (χ1v) is 14.3. The molecule has 6 heteroatoms. The molecule has 4 aromatic carbocycles. The second-order valence-electron chi connectivity index (χ2n) is 9.89. The van der Waals surface area contributed by atoms with Crippen molar-refractivity contribution in [3.63, 3.8) is 0 Å². The van der Waals surface area contributed by atoms with Crippen molar-refractivity contribution in [2.45, 2.75) is 33.9 Å². The quantitative estimate of drug-likeness (QED) is 0.181. The lowest BCUT2D eigenvalue weighted by atomic mass is 9.99. The number of amides is 1. The predicted octanol–water partition coefficient (Wildman–Crippen LogP) is 7.44. The molecule has 41 heavy (non-hydrogen) atoms. The number of nitrogens with one attached hydrogen (secondary N) is 2. The molecule has 5 rings (SSSR count). The molecule has 6 nitrogen and oxygen atoms in total. The number of anilines is 2. The average molecular weight is 548 g/mol. The highest BCUT2D eigenvalue weighted by atomic mass is 16.5. The lowest BCUT2D eigenvalue weighted by molar-refractivity contribution is -0.110. The fourth-order valence-electron chi connectivity index (χ4n) is 5.06. The third-order valence-corrected chi connectivity index (χ3v) is 7.07. The van der Waals surface area contributed by atoms with E-state index in [1.807, 2.05) is 62.4 Å². The minimum Gasteiger partial charge on any atom is -0.490 e. The zero-order valence-electron chi connectivity index (χ0n) is 23.9. The van der Waals surface area contributed by atoms with Crippen LogP contribution in [0.1, 0.15) is 43.0 Å². The summed E-state index contributed by atoms with van der Waals surface area (Å²) in [6.45, 7) is 9.78. The second-order valence-corrected chi connectivity index (χ2v) is 9.89. The molecule has 0 atom stereocenters. The van der Waals surface area contributed by atoms with Gasteiger partial charge in [-0.3, -0.25) is 9.69 Å². The van der Waals surface area contributed by atoms with E-state index in [-0.39, 0.29) is 5.91 Å². The number of fused-ring (bicyclic) bond motifs is 1. The summed E-state index contributed by atoms with van der Waals surface area (Å²) in [7, 11) is 0. The van der Waals surface area contributed by atoms with Gasteiger partial charge < -0.3 is 20.1 Å². The zero-order chi connectivity index (χ0) is 28.6. The Hall–Kier alpha value is -4.55. The molecular weight excluding hydrogens is 510 g/mol. The molecule has 1 aliphatic heterocycles. The number of carbonyl (C=O) groups is 1. The highest BCUT2D eigenvalue weighted by molar-refractivity contribution is 6.37. The monoisotopic (exact) mass is 547 g/mol. The van der Waals surface area contributed by atoms with Gasteiger partial charge in [0.25, 0.3) is 5.91 Å². The smallest absolute Gasteiger partial charge is 0.258 e. The SMILES string of the molecule is CCOc1cc2c(cc1OCC)/C(=C(/Nc1ccc(CN(CC)Cc3ccccc3)cc1)c1ccccc1)C(=O)N2. The van der Waals surface area contributed by atoms with Crippen LogP contribution in [0.5, 0.6) is 11.5 Å². The highest BCUT2D eigenvalue weighted by Crippen LogP contribution is 2.43. The molecule has 1 heterocycles. The molecule has 0 unspecified atom stereocenters. The zero-order valence-corrected chi connectivity index (χ0v) is 23.9. The van der Waals surface area contributed by atoms with E-state index in [9.17, 15) is 4.79 Å². The van der Waals surface area contributed by atoms with Gasteiger partial charge in [0.15, 0.2) is 11.5 Å². The summed E-state index contributed by atoms with van der Waals surface area (Å²) in [5.74, 6) is 1.07. The first kappa shape index (κ1) is 28.0. The van der Waals surface area contributed by atoms with Crippen molar-refractivity contribution in [1.29, 1.82) is 0 Å². The van der Waals surface area contributed by atoms with E-state index in [0.717, 1.165) is 42.1 Å². The minimum atomic E-state index is -0.168. The van der Waals surface area contributed by atoms with E-state index in [1.165, 1.54) is 11.1 Å². The first-order chi connectivity index (χ1) is 20.1. The summed E-state index contributed by atoms with van der Waals surface area (Å²) in [5.41, 5.74) is 7.16. The Morgan fingerprint density at radius 3 is 1.95 bits per heavy atom. The second kappa shape index (κ2) is 13.2. The number of hydrogen-bond acceptors (Lipinski definition) is 5. The summed E-state index contributed by atoms with van der Waals surface area (Å²) >= 11 is 0. The van der Waals surface area contributed by atoms with Crippen LogP contribution in [-0.4, -0.2) is 30.6 Å². The van der Waals surface area contributed by atoms with Gasteiger partial charge in [0, 0.05) is 30.4 Å². The normalized spacial score (nSPS) is 13.5. The van der Waals surface area contributed by atoms with Crippen LogP contribution in [0.2, 0.25) is 0 Å². The van der Waals surface area contributed by atoms with Crippen molar-refractivity contribution in [2.75, 3.05) is 30.4 Å². The Morgan fingerprint density at radius 2 is 1.34 bits per heavy atom. The predicted molar refractivity (Wildman–Crippen MR) is 167 cm³/mol. The van der Waals surface area contributed by atoms with Crippen molar-refractivity contribution in [3.05, 3.63) is 119 Å². The Morgan fingerprint density at radius 1 is 0.756 bits per heavy atom. The van der Waals surface area contributed by atoms with E-state index in [2.05, 4.69) is 71.0 Å². The molecular formula is C35H37N3O3. The Bertz CT molecular complexity index is 1500. The molecule has 0 fully saturated rings. The summed E-state index contributed by atoms with van der Waals surface area (Å²) in [4.78, 5) is 15.9. The number of rotatable bonds is 12. The van der Waals surface area contributed by atoms with Crippen LogP contribution in [0.15, 0.2) is 97.1 Å². The molecule has 4 aromatic rings. The van der Waals surface area contributed by atoms with Crippen molar-refractivity contribution < 1.29 is 14.3 Å². The average Bonchev–Trinajstić information content (AvgIpc) is 3.31. The largest absolute Gasteiger partial charge is 0.490 e.